The van der Waals surface area contributed by atoms with Crippen molar-refractivity contribution in [1.82, 2.24) is 9.66 Å². The quantitative estimate of drug-likeness (QED) is 0.166. The fourth-order valence-electron chi connectivity index (χ4n) is 4.58. The van der Waals surface area contributed by atoms with Gasteiger partial charge in [-0.05, 0) is 70.9 Å². The van der Waals surface area contributed by atoms with Gasteiger partial charge in [-0.25, -0.2) is 4.98 Å². The third-order valence-electron chi connectivity index (χ3n) is 6.56. The maximum Gasteiger partial charge on any atom is 0.282 e. The smallest absolute Gasteiger partial charge is 0.282 e. The summed E-state index contributed by atoms with van der Waals surface area (Å²) < 4.78 is 19.9. The Bertz CT molecular complexity index is 2040. The topological polar surface area (TPSA) is 103 Å². The van der Waals surface area contributed by atoms with Gasteiger partial charge in [0.15, 0.2) is 17.3 Å². The summed E-state index contributed by atoms with van der Waals surface area (Å²) in [7, 11) is 0. The van der Waals surface area contributed by atoms with Crippen molar-refractivity contribution >= 4 is 44.0 Å². The molecule has 8 nitrogen and oxygen atoms in total. The first-order chi connectivity index (χ1) is 20.6. The second kappa shape index (κ2) is 11.7. The van der Waals surface area contributed by atoms with E-state index in [1.807, 2.05) is 67.6 Å². The molecule has 42 heavy (non-hydrogen) atoms. The molecular weight excluding hydrogens is 596 g/mol. The van der Waals surface area contributed by atoms with Crippen molar-refractivity contribution in [2.24, 2.45) is 5.10 Å². The average molecular weight is 619 g/mol. The summed E-state index contributed by atoms with van der Waals surface area (Å²) in [6.07, 6.45) is 1.56. The second-order valence-corrected chi connectivity index (χ2v) is 10.1. The van der Waals surface area contributed by atoms with Crippen molar-refractivity contribution in [3.63, 3.8) is 0 Å². The van der Waals surface area contributed by atoms with Crippen LogP contribution in [0.25, 0.3) is 33.5 Å². The number of hydrogen-bond acceptors (Lipinski definition) is 7. The van der Waals surface area contributed by atoms with Gasteiger partial charge >= 0.3 is 0 Å². The van der Waals surface area contributed by atoms with E-state index in [0.717, 1.165) is 10.9 Å². The molecule has 0 amide bonds. The summed E-state index contributed by atoms with van der Waals surface area (Å²) in [6.45, 7) is 2.47. The van der Waals surface area contributed by atoms with Crippen LogP contribution in [0.5, 0.6) is 11.5 Å². The Morgan fingerprint density at radius 1 is 1.02 bits per heavy atom. The van der Waals surface area contributed by atoms with Crippen LogP contribution in [0.4, 0.5) is 0 Å². The SMILES string of the molecule is CCOc1cc(C=Nn2c(-c3cc4ccccc4o3)nc3ccccc3c2=O)cc(Br)c1OCc1ccccc1C#N. The maximum absolute atomic E-state index is 13.6. The van der Waals surface area contributed by atoms with Gasteiger partial charge < -0.3 is 13.9 Å². The fourth-order valence-corrected chi connectivity index (χ4v) is 5.15. The highest BCUT2D eigenvalue weighted by Crippen LogP contribution is 2.37. The summed E-state index contributed by atoms with van der Waals surface area (Å²) >= 11 is 3.59. The molecule has 0 atom stereocenters. The molecule has 0 aliphatic heterocycles. The number of ether oxygens (including phenoxy) is 2. The highest BCUT2D eigenvalue weighted by atomic mass is 79.9. The molecular formula is C33H23BrN4O4. The highest BCUT2D eigenvalue weighted by molar-refractivity contribution is 9.10. The first kappa shape index (κ1) is 27.0. The van der Waals surface area contributed by atoms with Gasteiger partial charge in [-0.1, -0.05) is 48.5 Å². The van der Waals surface area contributed by atoms with Gasteiger partial charge in [0.2, 0.25) is 5.82 Å². The van der Waals surface area contributed by atoms with Gasteiger partial charge in [0.1, 0.15) is 12.2 Å². The minimum Gasteiger partial charge on any atom is -0.490 e. The number of furan rings is 1. The normalized spacial score (nSPS) is 11.3. The standard InChI is InChI=1S/C33H23BrN4O4/c1-2-40-29-16-21(15-26(34)31(29)41-20-24-11-4-3-10-23(24)18-35)19-36-38-32(30-17-22-9-5-8-14-28(22)42-30)37-27-13-7-6-12-25(27)33(38)39/h3-17,19H,2,20H2,1H3. The van der Waals surface area contributed by atoms with Crippen LogP contribution >= 0.6 is 15.9 Å². The number of fused-ring (bicyclic) bond motifs is 2. The summed E-state index contributed by atoms with van der Waals surface area (Å²) in [5.74, 6) is 1.69. The first-order valence-electron chi connectivity index (χ1n) is 13.2. The van der Waals surface area contributed by atoms with E-state index in [1.165, 1.54) is 4.68 Å². The fraction of sp³-hybridized carbons (Fsp3) is 0.0909. The van der Waals surface area contributed by atoms with Crippen molar-refractivity contribution in [3.8, 4) is 29.2 Å². The van der Waals surface area contributed by atoms with E-state index in [-0.39, 0.29) is 18.0 Å². The van der Waals surface area contributed by atoms with Crippen LogP contribution in [0, 0.1) is 11.3 Å². The summed E-state index contributed by atoms with van der Waals surface area (Å²) in [5.41, 5.74) is 2.87. The number of nitriles is 1. The Labute approximate surface area is 249 Å². The molecule has 2 aromatic heterocycles. The van der Waals surface area contributed by atoms with Crippen LogP contribution < -0.4 is 15.0 Å². The number of benzene rings is 4. The molecule has 0 saturated carbocycles. The van der Waals surface area contributed by atoms with E-state index < -0.39 is 0 Å². The van der Waals surface area contributed by atoms with Crippen LogP contribution in [0.2, 0.25) is 0 Å². The zero-order valence-corrected chi connectivity index (χ0v) is 24.0. The minimum atomic E-state index is -0.326. The maximum atomic E-state index is 13.6. The number of hydrogen-bond donors (Lipinski definition) is 0. The molecule has 0 unspecified atom stereocenters. The van der Waals surface area contributed by atoms with Crippen LogP contribution in [0.1, 0.15) is 23.6 Å². The predicted octanol–water partition coefficient (Wildman–Crippen LogP) is 7.30. The molecule has 6 rings (SSSR count). The third-order valence-corrected chi connectivity index (χ3v) is 7.15. The predicted molar refractivity (Wildman–Crippen MR) is 165 cm³/mol. The summed E-state index contributed by atoms with van der Waals surface area (Å²) in [4.78, 5) is 18.4. The first-order valence-corrected chi connectivity index (χ1v) is 14.0. The van der Waals surface area contributed by atoms with Gasteiger partial charge in [0, 0.05) is 10.9 Å². The Balaban J connectivity index is 1.40. The third kappa shape index (κ3) is 5.28. The van der Waals surface area contributed by atoms with Crippen molar-refractivity contribution in [2.45, 2.75) is 13.5 Å². The average Bonchev–Trinajstić information content (AvgIpc) is 3.45. The van der Waals surface area contributed by atoms with E-state index in [0.29, 0.717) is 56.0 Å². The van der Waals surface area contributed by atoms with E-state index in [4.69, 9.17) is 18.9 Å². The van der Waals surface area contributed by atoms with Crippen molar-refractivity contribution < 1.29 is 13.9 Å². The molecule has 0 bridgehead atoms. The zero-order valence-electron chi connectivity index (χ0n) is 22.5. The van der Waals surface area contributed by atoms with Crippen molar-refractivity contribution in [3.05, 3.63) is 123 Å². The van der Waals surface area contributed by atoms with Crippen LogP contribution in [0.15, 0.2) is 110 Å². The molecule has 2 heterocycles. The molecule has 9 heteroatoms. The number of halogens is 1. The van der Waals surface area contributed by atoms with Crippen LogP contribution in [-0.4, -0.2) is 22.5 Å². The summed E-state index contributed by atoms with van der Waals surface area (Å²) in [5, 5.41) is 15.3. The lowest BCUT2D eigenvalue weighted by Crippen LogP contribution is -2.20. The molecule has 0 radical (unpaired) electrons. The van der Waals surface area contributed by atoms with Gasteiger partial charge in [0.05, 0.1) is 39.8 Å². The Kier molecular flexibility index (Phi) is 7.54. The number of para-hydroxylation sites is 2. The lowest BCUT2D eigenvalue weighted by atomic mass is 10.1. The van der Waals surface area contributed by atoms with Gasteiger partial charge in [0.25, 0.3) is 5.56 Å². The van der Waals surface area contributed by atoms with Gasteiger partial charge in [-0.3, -0.25) is 4.79 Å². The molecule has 0 N–H and O–H groups in total. The molecule has 0 fully saturated rings. The van der Waals surface area contributed by atoms with Crippen LogP contribution in [-0.2, 0) is 6.61 Å². The van der Waals surface area contributed by atoms with Crippen LogP contribution in [0.3, 0.4) is 0 Å². The molecule has 206 valence electrons. The second-order valence-electron chi connectivity index (χ2n) is 9.28. The Morgan fingerprint density at radius 3 is 2.64 bits per heavy atom. The lowest BCUT2D eigenvalue weighted by Gasteiger charge is -2.15. The molecule has 6 aromatic rings. The summed E-state index contributed by atoms with van der Waals surface area (Å²) in [6, 6.07) is 29.6. The van der Waals surface area contributed by atoms with Crippen molar-refractivity contribution in [2.75, 3.05) is 6.61 Å². The largest absolute Gasteiger partial charge is 0.490 e. The Morgan fingerprint density at radius 2 is 1.81 bits per heavy atom. The molecule has 4 aromatic carbocycles. The highest BCUT2D eigenvalue weighted by Gasteiger charge is 2.17. The minimum absolute atomic E-state index is 0.189. The number of aromatic nitrogens is 2. The molecule has 0 spiro atoms. The lowest BCUT2D eigenvalue weighted by molar-refractivity contribution is 0.267. The molecule has 0 aliphatic carbocycles. The Hall–Kier alpha value is -5.20. The van der Waals surface area contributed by atoms with Crippen molar-refractivity contribution in [1.29, 1.82) is 5.26 Å². The van der Waals surface area contributed by atoms with Gasteiger partial charge in [-0.2, -0.15) is 15.0 Å². The monoisotopic (exact) mass is 618 g/mol. The number of rotatable bonds is 8. The zero-order chi connectivity index (χ0) is 29.1. The van der Waals surface area contributed by atoms with E-state index in [1.54, 1.807) is 36.5 Å². The molecule has 0 saturated heterocycles. The van der Waals surface area contributed by atoms with E-state index >= 15 is 0 Å². The molecule has 0 aliphatic rings. The number of nitrogens with zero attached hydrogens (tertiary/aromatic N) is 4. The van der Waals surface area contributed by atoms with Gasteiger partial charge in [-0.15, -0.1) is 0 Å². The van der Waals surface area contributed by atoms with E-state index in [2.05, 4.69) is 27.1 Å². The van der Waals surface area contributed by atoms with E-state index in [9.17, 15) is 10.1 Å².